The van der Waals surface area contributed by atoms with E-state index >= 15 is 0 Å². The lowest BCUT2D eigenvalue weighted by atomic mass is 10.0. The number of hydrogen-bond donors (Lipinski definition) is 1. The van der Waals surface area contributed by atoms with Gasteiger partial charge in [-0.25, -0.2) is 13.9 Å². The van der Waals surface area contributed by atoms with Crippen molar-refractivity contribution in [3.8, 4) is 16.9 Å². The minimum absolute atomic E-state index is 0.107. The van der Waals surface area contributed by atoms with Crippen LogP contribution in [0.1, 0.15) is 21.6 Å². The molecule has 4 aromatic rings. The van der Waals surface area contributed by atoms with E-state index in [0.29, 0.717) is 29.8 Å². The number of carboxylic acids is 1. The molecule has 0 saturated carbocycles. The molecule has 29 heavy (non-hydrogen) atoms. The molecule has 0 aliphatic rings. The molecule has 5 heteroatoms. The largest absolute Gasteiger partial charge is 0.478 e. The first-order chi connectivity index (χ1) is 14.1. The number of rotatable bonds is 6. The fraction of sp³-hybridized carbons (Fsp3) is 0.0833. The van der Waals surface area contributed by atoms with Gasteiger partial charge in [0.15, 0.2) is 0 Å². The number of para-hydroxylation sites is 1. The van der Waals surface area contributed by atoms with Gasteiger partial charge in [-0.3, -0.25) is 0 Å². The smallest absolute Gasteiger partial charge is 0.339 e. The van der Waals surface area contributed by atoms with Crippen molar-refractivity contribution in [1.29, 1.82) is 0 Å². The summed E-state index contributed by atoms with van der Waals surface area (Å²) in [6.45, 7) is 0. The lowest BCUT2D eigenvalue weighted by Crippen LogP contribution is -2.05. The number of halogens is 1. The average Bonchev–Trinajstić information content (AvgIpc) is 3.13. The third kappa shape index (κ3) is 3.80. The first-order valence-electron chi connectivity index (χ1n) is 9.34. The predicted molar refractivity (Wildman–Crippen MR) is 110 cm³/mol. The highest BCUT2D eigenvalue weighted by molar-refractivity contribution is 5.96. The maximum absolute atomic E-state index is 14.6. The number of carboxylic acid groups (broad SMARTS) is 1. The number of hydrogen-bond acceptors (Lipinski definition) is 2. The zero-order valence-electron chi connectivity index (χ0n) is 15.6. The van der Waals surface area contributed by atoms with Crippen LogP contribution >= 0.6 is 0 Å². The summed E-state index contributed by atoms with van der Waals surface area (Å²) in [5, 5.41) is 14.5. The zero-order chi connectivity index (χ0) is 20.2. The number of aromatic carboxylic acids is 1. The van der Waals surface area contributed by atoms with Gasteiger partial charge in [-0.2, -0.15) is 5.10 Å². The van der Waals surface area contributed by atoms with Crippen LogP contribution in [-0.4, -0.2) is 20.9 Å². The second-order valence-corrected chi connectivity index (χ2v) is 6.69. The normalized spacial score (nSPS) is 10.8. The van der Waals surface area contributed by atoms with Crippen LogP contribution in [0, 0.1) is 5.82 Å². The molecule has 0 amide bonds. The van der Waals surface area contributed by atoms with E-state index in [1.54, 1.807) is 18.2 Å². The highest BCUT2D eigenvalue weighted by atomic mass is 19.1. The summed E-state index contributed by atoms with van der Waals surface area (Å²) in [7, 11) is 0. The third-order valence-electron chi connectivity index (χ3n) is 4.79. The van der Waals surface area contributed by atoms with Crippen molar-refractivity contribution in [3.05, 3.63) is 108 Å². The van der Waals surface area contributed by atoms with E-state index in [9.17, 15) is 14.3 Å². The van der Waals surface area contributed by atoms with Crippen LogP contribution < -0.4 is 0 Å². The van der Waals surface area contributed by atoms with E-state index in [4.69, 9.17) is 0 Å². The van der Waals surface area contributed by atoms with Crippen LogP contribution in [0.25, 0.3) is 16.9 Å². The van der Waals surface area contributed by atoms with Gasteiger partial charge < -0.3 is 5.11 Å². The summed E-state index contributed by atoms with van der Waals surface area (Å²) >= 11 is 0. The van der Waals surface area contributed by atoms with Crippen molar-refractivity contribution in [3.63, 3.8) is 0 Å². The van der Waals surface area contributed by atoms with E-state index < -0.39 is 11.8 Å². The second-order valence-electron chi connectivity index (χ2n) is 6.69. The molecule has 4 rings (SSSR count). The van der Waals surface area contributed by atoms with E-state index in [-0.39, 0.29) is 11.3 Å². The van der Waals surface area contributed by atoms with Gasteiger partial charge in [-0.1, -0.05) is 72.8 Å². The quantitative estimate of drug-likeness (QED) is 0.498. The molecule has 4 nitrogen and oxygen atoms in total. The van der Waals surface area contributed by atoms with Gasteiger partial charge in [0, 0.05) is 5.56 Å². The van der Waals surface area contributed by atoms with E-state index in [1.807, 2.05) is 60.7 Å². The Kier molecular flexibility index (Phi) is 5.20. The molecular formula is C24H19FN2O2. The van der Waals surface area contributed by atoms with Gasteiger partial charge in [0.05, 0.1) is 11.4 Å². The molecule has 0 aliphatic heterocycles. The van der Waals surface area contributed by atoms with Crippen molar-refractivity contribution in [1.82, 2.24) is 9.78 Å². The molecule has 0 unspecified atom stereocenters. The van der Waals surface area contributed by atoms with Crippen molar-refractivity contribution in [2.75, 3.05) is 0 Å². The summed E-state index contributed by atoms with van der Waals surface area (Å²) in [6, 6.07) is 25.2. The Bertz CT molecular complexity index is 1140. The third-order valence-corrected chi connectivity index (χ3v) is 4.79. The van der Waals surface area contributed by atoms with Crippen LogP contribution in [-0.2, 0) is 12.8 Å². The predicted octanol–water partition coefficient (Wildman–Crippen LogP) is 5.16. The summed E-state index contributed by atoms with van der Waals surface area (Å²) < 4.78 is 16.0. The molecule has 1 N–H and O–H groups in total. The standard InChI is InChI=1S/C24H19FN2O2/c25-19-13-7-8-14-21(19)27-23(18-11-5-2-6-12-18)22(24(28)29)20(26-27)16-15-17-9-3-1-4-10-17/h1-14H,15-16H2,(H,28,29). The molecule has 144 valence electrons. The molecule has 0 radical (unpaired) electrons. The molecule has 0 aliphatic carbocycles. The molecule has 0 fully saturated rings. The maximum atomic E-state index is 14.6. The lowest BCUT2D eigenvalue weighted by molar-refractivity contribution is 0.0696. The number of aromatic nitrogens is 2. The van der Waals surface area contributed by atoms with Crippen LogP contribution in [0.5, 0.6) is 0 Å². The van der Waals surface area contributed by atoms with Crippen molar-refractivity contribution < 1.29 is 14.3 Å². The van der Waals surface area contributed by atoms with E-state index in [2.05, 4.69) is 5.10 Å². The Morgan fingerprint density at radius 1 is 0.862 bits per heavy atom. The molecule has 1 aromatic heterocycles. The van der Waals surface area contributed by atoms with Crippen molar-refractivity contribution in [2.45, 2.75) is 12.8 Å². The molecular weight excluding hydrogens is 367 g/mol. The zero-order valence-corrected chi connectivity index (χ0v) is 15.6. The molecule has 0 atom stereocenters. The van der Waals surface area contributed by atoms with Crippen LogP contribution in [0.2, 0.25) is 0 Å². The Hall–Kier alpha value is -3.73. The number of benzene rings is 3. The highest BCUT2D eigenvalue weighted by Gasteiger charge is 2.26. The topological polar surface area (TPSA) is 55.1 Å². The maximum Gasteiger partial charge on any atom is 0.339 e. The van der Waals surface area contributed by atoms with Crippen LogP contribution in [0.3, 0.4) is 0 Å². The molecule has 0 spiro atoms. The fourth-order valence-electron chi connectivity index (χ4n) is 3.43. The Morgan fingerprint density at radius 2 is 1.48 bits per heavy atom. The first kappa shape index (κ1) is 18.6. The van der Waals surface area contributed by atoms with Gasteiger partial charge >= 0.3 is 5.97 Å². The molecule has 1 heterocycles. The summed E-state index contributed by atoms with van der Waals surface area (Å²) in [5.74, 6) is -1.53. The van der Waals surface area contributed by atoms with E-state index in [0.717, 1.165) is 5.56 Å². The summed E-state index contributed by atoms with van der Waals surface area (Å²) in [5.41, 5.74) is 2.90. The summed E-state index contributed by atoms with van der Waals surface area (Å²) in [6.07, 6.45) is 1.08. The SMILES string of the molecule is O=C(O)c1c(CCc2ccccc2)nn(-c2ccccc2F)c1-c1ccccc1. The number of carbonyl (C=O) groups is 1. The first-order valence-corrected chi connectivity index (χ1v) is 9.34. The minimum atomic E-state index is -1.07. The Morgan fingerprint density at radius 3 is 2.14 bits per heavy atom. The van der Waals surface area contributed by atoms with Gasteiger partial charge in [0.2, 0.25) is 0 Å². The van der Waals surface area contributed by atoms with Gasteiger partial charge in [0.1, 0.15) is 17.1 Å². The molecule has 3 aromatic carbocycles. The molecule has 0 saturated heterocycles. The van der Waals surface area contributed by atoms with Crippen molar-refractivity contribution in [2.24, 2.45) is 0 Å². The lowest BCUT2D eigenvalue weighted by Gasteiger charge is -2.09. The van der Waals surface area contributed by atoms with Crippen LogP contribution in [0.4, 0.5) is 4.39 Å². The van der Waals surface area contributed by atoms with Gasteiger partial charge in [-0.05, 0) is 30.5 Å². The summed E-state index contributed by atoms with van der Waals surface area (Å²) in [4.78, 5) is 12.2. The fourth-order valence-corrected chi connectivity index (χ4v) is 3.43. The Balaban J connectivity index is 1.88. The highest BCUT2D eigenvalue weighted by Crippen LogP contribution is 2.31. The monoisotopic (exact) mass is 386 g/mol. The number of aryl methyl sites for hydroxylation is 2. The average molecular weight is 386 g/mol. The van der Waals surface area contributed by atoms with Crippen molar-refractivity contribution >= 4 is 5.97 Å². The minimum Gasteiger partial charge on any atom is -0.478 e. The molecule has 0 bridgehead atoms. The van der Waals surface area contributed by atoms with Gasteiger partial charge in [-0.15, -0.1) is 0 Å². The van der Waals surface area contributed by atoms with Gasteiger partial charge in [0.25, 0.3) is 0 Å². The second kappa shape index (κ2) is 8.10. The van der Waals surface area contributed by atoms with Crippen LogP contribution in [0.15, 0.2) is 84.9 Å². The Labute approximate surface area is 167 Å². The van der Waals surface area contributed by atoms with E-state index in [1.165, 1.54) is 10.7 Å². The number of nitrogens with zero attached hydrogens (tertiary/aromatic N) is 2.